The molecule has 0 heterocycles. The minimum atomic E-state index is -0.285. The zero-order chi connectivity index (χ0) is 26.2. The van der Waals surface area contributed by atoms with Gasteiger partial charge in [0.25, 0.3) is 0 Å². The van der Waals surface area contributed by atoms with Crippen molar-refractivity contribution in [3.05, 3.63) is 53.3 Å². The van der Waals surface area contributed by atoms with Crippen molar-refractivity contribution in [3.63, 3.8) is 0 Å². The third-order valence-corrected chi connectivity index (χ3v) is 8.68. The van der Waals surface area contributed by atoms with Crippen molar-refractivity contribution in [2.45, 2.75) is 42.8 Å². The van der Waals surface area contributed by atoms with Gasteiger partial charge in [-0.15, -0.1) is 0 Å². The lowest BCUT2D eigenvalue weighted by molar-refractivity contribution is 0.136. The van der Waals surface area contributed by atoms with Crippen molar-refractivity contribution < 1.29 is 18.9 Å². The SMILES string of the molecule is CCOCC(Br)COc1c(Br)cc(C(C)(C)c2cc(Br)c(OCC(Br)COCC)c(Br)c2)cc1Br. The second kappa shape index (κ2) is 15.4. The van der Waals surface area contributed by atoms with Gasteiger partial charge in [-0.1, -0.05) is 45.7 Å². The standard InChI is InChI=1S/C25H30Br6O4/c1-5-32-11-17(26)13-34-23-19(28)7-15(8-20(23)29)25(3,4)16-9-21(30)24(22(31)10-16)35-14-18(27)12-33-6-2/h7-10,17-18H,5-6,11-14H2,1-4H3. The predicted molar refractivity (Wildman–Crippen MR) is 165 cm³/mol. The number of hydrogen-bond acceptors (Lipinski definition) is 4. The van der Waals surface area contributed by atoms with Crippen LogP contribution in [0, 0.1) is 0 Å². The molecule has 0 spiro atoms. The Balaban J connectivity index is 2.22. The van der Waals surface area contributed by atoms with Crippen LogP contribution in [0.25, 0.3) is 0 Å². The van der Waals surface area contributed by atoms with E-state index in [0.717, 1.165) is 40.5 Å². The highest BCUT2D eigenvalue weighted by Crippen LogP contribution is 2.44. The van der Waals surface area contributed by atoms with E-state index in [1.165, 1.54) is 0 Å². The van der Waals surface area contributed by atoms with Gasteiger partial charge in [0, 0.05) is 18.6 Å². The van der Waals surface area contributed by atoms with Gasteiger partial charge in [-0.2, -0.15) is 0 Å². The zero-order valence-corrected chi connectivity index (χ0v) is 29.6. The van der Waals surface area contributed by atoms with Crippen molar-refractivity contribution in [1.82, 2.24) is 0 Å². The van der Waals surface area contributed by atoms with Gasteiger partial charge in [0.15, 0.2) is 0 Å². The molecule has 196 valence electrons. The fourth-order valence-corrected chi connectivity index (χ4v) is 6.69. The number of benzene rings is 2. The molecule has 0 fully saturated rings. The molecule has 0 N–H and O–H groups in total. The second-order valence-corrected chi connectivity index (χ2v) is 14.3. The van der Waals surface area contributed by atoms with E-state index in [4.69, 9.17) is 18.9 Å². The molecule has 0 saturated carbocycles. The molecule has 2 rings (SSSR count). The van der Waals surface area contributed by atoms with Crippen LogP contribution in [0.2, 0.25) is 0 Å². The Labute approximate surface area is 259 Å². The van der Waals surface area contributed by atoms with Crippen LogP contribution in [0.1, 0.15) is 38.8 Å². The van der Waals surface area contributed by atoms with E-state index in [0.29, 0.717) is 39.6 Å². The van der Waals surface area contributed by atoms with Gasteiger partial charge in [-0.25, -0.2) is 0 Å². The summed E-state index contributed by atoms with van der Waals surface area (Å²) < 4.78 is 26.6. The molecule has 0 bridgehead atoms. The fourth-order valence-electron chi connectivity index (χ4n) is 3.22. The summed E-state index contributed by atoms with van der Waals surface area (Å²) >= 11 is 22.0. The van der Waals surface area contributed by atoms with Crippen LogP contribution in [0.4, 0.5) is 0 Å². The Kier molecular flexibility index (Phi) is 14.1. The number of ether oxygens (including phenoxy) is 4. The van der Waals surface area contributed by atoms with E-state index in [-0.39, 0.29) is 15.1 Å². The minimum Gasteiger partial charge on any atom is -0.490 e. The third kappa shape index (κ3) is 9.52. The van der Waals surface area contributed by atoms with Crippen molar-refractivity contribution in [3.8, 4) is 11.5 Å². The number of hydrogen-bond donors (Lipinski definition) is 0. The molecule has 0 aliphatic rings. The Morgan fingerprint density at radius 2 is 0.943 bits per heavy atom. The lowest BCUT2D eigenvalue weighted by Crippen LogP contribution is -2.21. The summed E-state index contributed by atoms with van der Waals surface area (Å²) in [5, 5.41) is 0. The van der Waals surface area contributed by atoms with Crippen LogP contribution in [0.3, 0.4) is 0 Å². The largest absolute Gasteiger partial charge is 0.490 e. The maximum atomic E-state index is 6.06. The fraction of sp³-hybridized carbons (Fsp3) is 0.520. The van der Waals surface area contributed by atoms with Crippen molar-refractivity contribution in [1.29, 1.82) is 0 Å². The maximum Gasteiger partial charge on any atom is 0.147 e. The summed E-state index contributed by atoms with van der Waals surface area (Å²) in [6, 6.07) is 8.45. The summed E-state index contributed by atoms with van der Waals surface area (Å²) in [7, 11) is 0. The highest BCUT2D eigenvalue weighted by molar-refractivity contribution is 9.11. The van der Waals surface area contributed by atoms with Crippen LogP contribution < -0.4 is 9.47 Å². The highest BCUT2D eigenvalue weighted by atomic mass is 79.9. The molecule has 0 aliphatic heterocycles. The van der Waals surface area contributed by atoms with E-state index in [1.807, 2.05) is 13.8 Å². The minimum absolute atomic E-state index is 0.117. The Hall–Kier alpha value is 0.840. The average molecular weight is 874 g/mol. The van der Waals surface area contributed by atoms with E-state index in [9.17, 15) is 0 Å². The van der Waals surface area contributed by atoms with E-state index in [2.05, 4.69) is 134 Å². The molecule has 0 aromatic heterocycles. The number of rotatable bonds is 14. The molecule has 35 heavy (non-hydrogen) atoms. The van der Waals surface area contributed by atoms with Crippen LogP contribution in [-0.4, -0.2) is 49.3 Å². The van der Waals surface area contributed by atoms with Gasteiger partial charge in [-0.3, -0.25) is 0 Å². The number of halogens is 6. The first-order chi connectivity index (χ1) is 16.5. The first-order valence-electron chi connectivity index (χ1n) is 11.2. The second-order valence-electron chi connectivity index (χ2n) is 8.30. The smallest absolute Gasteiger partial charge is 0.147 e. The predicted octanol–water partition coefficient (Wildman–Crippen LogP) is 9.42. The van der Waals surface area contributed by atoms with Crippen LogP contribution in [0.5, 0.6) is 11.5 Å². The third-order valence-electron chi connectivity index (χ3n) is 5.26. The van der Waals surface area contributed by atoms with Crippen LogP contribution in [0.15, 0.2) is 42.2 Å². The maximum absolute atomic E-state index is 6.06. The Morgan fingerprint density at radius 3 is 1.23 bits per heavy atom. The van der Waals surface area contributed by atoms with Gasteiger partial charge in [0.1, 0.15) is 24.7 Å². The summed E-state index contributed by atoms with van der Waals surface area (Å²) in [6.07, 6.45) is 0. The van der Waals surface area contributed by atoms with E-state index >= 15 is 0 Å². The molecule has 4 nitrogen and oxygen atoms in total. The van der Waals surface area contributed by atoms with Gasteiger partial charge in [0.05, 0.1) is 40.8 Å². The first-order valence-corrected chi connectivity index (χ1v) is 16.2. The van der Waals surface area contributed by atoms with Gasteiger partial charge < -0.3 is 18.9 Å². The van der Waals surface area contributed by atoms with Crippen molar-refractivity contribution in [2.75, 3.05) is 39.6 Å². The molecule has 0 radical (unpaired) electrons. The lowest BCUT2D eigenvalue weighted by Gasteiger charge is -2.28. The summed E-state index contributed by atoms with van der Waals surface area (Å²) in [6.45, 7) is 11.9. The molecule has 0 aliphatic carbocycles. The topological polar surface area (TPSA) is 36.9 Å². The molecular weight excluding hydrogens is 844 g/mol. The quantitative estimate of drug-likeness (QED) is 0.178. The molecule has 10 heteroatoms. The molecule has 2 aromatic carbocycles. The molecule has 0 saturated heterocycles. The molecular formula is C25H30Br6O4. The zero-order valence-electron chi connectivity index (χ0n) is 20.1. The monoisotopic (exact) mass is 868 g/mol. The molecule has 2 atom stereocenters. The normalized spacial score (nSPS) is 13.5. The number of alkyl halides is 2. The van der Waals surface area contributed by atoms with E-state index < -0.39 is 0 Å². The van der Waals surface area contributed by atoms with Gasteiger partial charge in [-0.05, 0) is 113 Å². The van der Waals surface area contributed by atoms with Crippen LogP contribution in [-0.2, 0) is 14.9 Å². The molecule has 2 unspecified atom stereocenters. The van der Waals surface area contributed by atoms with Crippen LogP contribution >= 0.6 is 95.6 Å². The first kappa shape index (κ1) is 32.1. The summed E-state index contributed by atoms with van der Waals surface area (Å²) in [5.41, 5.74) is 1.99. The molecule has 2 aromatic rings. The Morgan fingerprint density at radius 1 is 0.629 bits per heavy atom. The molecule has 0 amide bonds. The lowest BCUT2D eigenvalue weighted by atomic mass is 9.78. The van der Waals surface area contributed by atoms with Gasteiger partial charge >= 0.3 is 0 Å². The summed E-state index contributed by atoms with van der Waals surface area (Å²) in [5.74, 6) is 1.54. The average Bonchev–Trinajstić information content (AvgIpc) is 2.79. The Bertz CT molecular complexity index is 847. The van der Waals surface area contributed by atoms with E-state index in [1.54, 1.807) is 0 Å². The van der Waals surface area contributed by atoms with Crippen molar-refractivity contribution >= 4 is 95.6 Å². The van der Waals surface area contributed by atoms with Gasteiger partial charge in [0.2, 0.25) is 0 Å². The summed E-state index contributed by atoms with van der Waals surface area (Å²) in [4.78, 5) is 0.235. The highest BCUT2D eigenvalue weighted by Gasteiger charge is 2.27. The van der Waals surface area contributed by atoms with Crippen molar-refractivity contribution in [2.24, 2.45) is 0 Å².